The zero-order valence-corrected chi connectivity index (χ0v) is 15.8. The predicted molar refractivity (Wildman–Crippen MR) is 102 cm³/mol. The van der Waals surface area contributed by atoms with Crippen molar-refractivity contribution in [3.05, 3.63) is 62.7 Å². The van der Waals surface area contributed by atoms with Crippen LogP contribution in [0.2, 0.25) is 0 Å². The van der Waals surface area contributed by atoms with Gasteiger partial charge in [-0.15, -0.1) is 16.4 Å². The summed E-state index contributed by atoms with van der Waals surface area (Å²) in [4.78, 5) is 0.829. The number of fused-ring (bicyclic) bond motifs is 1. The van der Waals surface area contributed by atoms with Gasteiger partial charge in [0.2, 0.25) is 11.6 Å². The maximum absolute atomic E-state index is 5.36. The smallest absolute Gasteiger partial charge is 0.231 e. The minimum atomic E-state index is 0.268. The molecule has 1 aliphatic rings. The van der Waals surface area contributed by atoms with E-state index in [1.807, 2.05) is 41.9 Å². The van der Waals surface area contributed by atoms with E-state index in [1.54, 1.807) is 17.6 Å². The van der Waals surface area contributed by atoms with E-state index >= 15 is 0 Å². The standard InChI is InChI=1S/C18H14BrN3O2S/c1-22-15(13-3-5-14(19)6-4-13)10-25-18(22)21-20-9-12-2-7-16-17(8-12)24-11-23-16/h2-10H,11H2,1H3/b20-9-,21-18+. The molecule has 0 amide bonds. The second-order valence-corrected chi connectivity index (χ2v) is 7.18. The molecule has 4 rings (SSSR count). The molecular formula is C18H14BrN3O2S. The highest BCUT2D eigenvalue weighted by Crippen LogP contribution is 2.32. The molecular weight excluding hydrogens is 402 g/mol. The van der Waals surface area contributed by atoms with Crippen molar-refractivity contribution in [1.29, 1.82) is 0 Å². The Kier molecular flexibility index (Phi) is 4.42. The lowest BCUT2D eigenvalue weighted by atomic mass is 10.2. The third kappa shape index (κ3) is 3.38. The van der Waals surface area contributed by atoms with E-state index in [-0.39, 0.29) is 6.79 Å². The Labute approximate surface area is 157 Å². The Morgan fingerprint density at radius 1 is 1.12 bits per heavy atom. The van der Waals surface area contributed by atoms with Gasteiger partial charge in [-0.05, 0) is 41.5 Å². The molecule has 5 nitrogen and oxygen atoms in total. The maximum Gasteiger partial charge on any atom is 0.231 e. The van der Waals surface area contributed by atoms with Gasteiger partial charge in [-0.25, -0.2) is 0 Å². The number of aromatic nitrogens is 1. The van der Waals surface area contributed by atoms with Crippen LogP contribution in [0.25, 0.3) is 11.3 Å². The molecule has 1 aliphatic heterocycles. The number of rotatable bonds is 3. The molecule has 7 heteroatoms. The fourth-order valence-corrected chi connectivity index (χ4v) is 3.61. The van der Waals surface area contributed by atoms with Crippen molar-refractivity contribution in [1.82, 2.24) is 4.57 Å². The SMILES string of the molecule is Cn1c(-c2ccc(Br)cc2)cs/c1=N/N=C\c1ccc2c(c1)OCO2. The Balaban J connectivity index is 1.59. The first-order valence-corrected chi connectivity index (χ1v) is 9.25. The zero-order valence-electron chi connectivity index (χ0n) is 13.3. The van der Waals surface area contributed by atoms with Gasteiger partial charge in [-0.3, -0.25) is 0 Å². The highest BCUT2D eigenvalue weighted by molar-refractivity contribution is 9.10. The first-order chi connectivity index (χ1) is 12.2. The Bertz CT molecular complexity index is 1010. The van der Waals surface area contributed by atoms with Crippen LogP contribution in [0.1, 0.15) is 5.56 Å². The van der Waals surface area contributed by atoms with Crippen LogP contribution in [0.15, 0.2) is 62.5 Å². The van der Waals surface area contributed by atoms with Gasteiger partial charge in [0.15, 0.2) is 11.5 Å². The number of thiazole rings is 1. The summed E-state index contributed by atoms with van der Waals surface area (Å²) in [7, 11) is 1.99. The number of hydrogen-bond acceptors (Lipinski definition) is 5. The largest absolute Gasteiger partial charge is 0.454 e. The Morgan fingerprint density at radius 3 is 2.76 bits per heavy atom. The van der Waals surface area contributed by atoms with Gasteiger partial charge in [0.25, 0.3) is 0 Å². The molecule has 3 aromatic rings. The lowest BCUT2D eigenvalue weighted by Gasteiger charge is -2.02. The summed E-state index contributed by atoms with van der Waals surface area (Å²) in [6.45, 7) is 0.268. The van der Waals surface area contributed by atoms with E-state index in [9.17, 15) is 0 Å². The van der Waals surface area contributed by atoms with Crippen molar-refractivity contribution in [3.63, 3.8) is 0 Å². The van der Waals surface area contributed by atoms with E-state index < -0.39 is 0 Å². The van der Waals surface area contributed by atoms with Crippen LogP contribution < -0.4 is 14.3 Å². The summed E-state index contributed by atoms with van der Waals surface area (Å²) in [6.07, 6.45) is 1.71. The average Bonchev–Trinajstić information content (AvgIpc) is 3.23. The molecule has 0 fully saturated rings. The van der Waals surface area contributed by atoms with Gasteiger partial charge in [0.1, 0.15) is 0 Å². The lowest BCUT2D eigenvalue weighted by molar-refractivity contribution is 0.174. The predicted octanol–water partition coefficient (Wildman–Crippen LogP) is 4.18. The number of ether oxygens (including phenoxy) is 2. The Hall–Kier alpha value is -2.38. The second-order valence-electron chi connectivity index (χ2n) is 5.43. The molecule has 126 valence electrons. The molecule has 2 aromatic carbocycles. The number of nitrogens with zero attached hydrogens (tertiary/aromatic N) is 3. The number of hydrogen-bond donors (Lipinski definition) is 0. The summed E-state index contributed by atoms with van der Waals surface area (Å²) in [5, 5.41) is 10.6. The maximum atomic E-state index is 5.36. The molecule has 0 unspecified atom stereocenters. The van der Waals surface area contributed by atoms with Crippen LogP contribution >= 0.6 is 27.3 Å². The molecule has 0 atom stereocenters. The zero-order chi connectivity index (χ0) is 17.2. The van der Waals surface area contributed by atoms with Gasteiger partial charge in [-0.2, -0.15) is 5.10 Å². The minimum absolute atomic E-state index is 0.268. The van der Waals surface area contributed by atoms with E-state index in [4.69, 9.17) is 9.47 Å². The van der Waals surface area contributed by atoms with Crippen molar-refractivity contribution < 1.29 is 9.47 Å². The summed E-state index contributed by atoms with van der Waals surface area (Å²) in [5.41, 5.74) is 3.16. The average molecular weight is 416 g/mol. The quantitative estimate of drug-likeness (QED) is 0.475. The van der Waals surface area contributed by atoms with E-state index in [1.165, 1.54) is 0 Å². The van der Waals surface area contributed by atoms with Crippen molar-refractivity contribution >= 4 is 33.5 Å². The van der Waals surface area contributed by atoms with Gasteiger partial charge >= 0.3 is 0 Å². The van der Waals surface area contributed by atoms with Crippen molar-refractivity contribution in [2.45, 2.75) is 0 Å². The summed E-state index contributed by atoms with van der Waals surface area (Å²) >= 11 is 5.01. The van der Waals surface area contributed by atoms with Gasteiger partial charge in [-0.1, -0.05) is 28.1 Å². The lowest BCUT2D eigenvalue weighted by Crippen LogP contribution is -2.10. The highest BCUT2D eigenvalue weighted by atomic mass is 79.9. The van der Waals surface area contributed by atoms with Crippen molar-refractivity contribution in [2.24, 2.45) is 17.3 Å². The van der Waals surface area contributed by atoms with Gasteiger partial charge in [0.05, 0.1) is 11.9 Å². The van der Waals surface area contributed by atoms with Crippen LogP contribution in [-0.4, -0.2) is 17.6 Å². The third-order valence-corrected chi connectivity index (χ3v) is 5.25. The topological polar surface area (TPSA) is 48.1 Å². The van der Waals surface area contributed by atoms with Gasteiger partial charge in [0, 0.05) is 16.9 Å². The van der Waals surface area contributed by atoms with Crippen LogP contribution in [0, 0.1) is 0 Å². The molecule has 25 heavy (non-hydrogen) atoms. The molecule has 0 saturated heterocycles. The molecule has 0 saturated carbocycles. The van der Waals surface area contributed by atoms with Crippen LogP contribution in [0.4, 0.5) is 0 Å². The fraction of sp³-hybridized carbons (Fsp3) is 0.111. The summed E-state index contributed by atoms with van der Waals surface area (Å²) in [6, 6.07) is 13.9. The number of halogens is 1. The first kappa shape index (κ1) is 16.1. The molecule has 2 heterocycles. The molecule has 0 bridgehead atoms. The van der Waals surface area contributed by atoms with Crippen LogP contribution in [0.5, 0.6) is 11.5 Å². The van der Waals surface area contributed by atoms with Crippen molar-refractivity contribution in [2.75, 3.05) is 6.79 Å². The fourth-order valence-electron chi connectivity index (χ4n) is 2.48. The minimum Gasteiger partial charge on any atom is -0.454 e. The molecule has 0 radical (unpaired) electrons. The third-order valence-electron chi connectivity index (χ3n) is 3.81. The monoisotopic (exact) mass is 415 g/mol. The Morgan fingerprint density at radius 2 is 1.92 bits per heavy atom. The first-order valence-electron chi connectivity index (χ1n) is 7.58. The van der Waals surface area contributed by atoms with Crippen LogP contribution in [0.3, 0.4) is 0 Å². The highest BCUT2D eigenvalue weighted by Gasteiger charge is 2.12. The van der Waals surface area contributed by atoms with Crippen molar-refractivity contribution in [3.8, 4) is 22.8 Å². The van der Waals surface area contributed by atoms with Gasteiger partial charge < -0.3 is 14.0 Å². The van der Waals surface area contributed by atoms with E-state index in [0.717, 1.165) is 37.6 Å². The van der Waals surface area contributed by atoms with Crippen LogP contribution in [-0.2, 0) is 7.05 Å². The number of benzene rings is 2. The van der Waals surface area contributed by atoms with E-state index in [2.05, 4.69) is 43.6 Å². The normalized spacial score (nSPS) is 13.8. The molecule has 0 aliphatic carbocycles. The molecule has 0 spiro atoms. The molecule has 1 aromatic heterocycles. The molecule has 0 N–H and O–H groups in total. The van der Waals surface area contributed by atoms with E-state index in [0.29, 0.717) is 0 Å². The summed E-state index contributed by atoms with van der Waals surface area (Å²) < 4.78 is 13.8. The second kappa shape index (κ2) is 6.85. The summed E-state index contributed by atoms with van der Waals surface area (Å²) in [5.74, 6) is 1.50.